The lowest BCUT2D eigenvalue weighted by atomic mass is 10.1. The topological polar surface area (TPSA) is 50.7 Å². The van der Waals surface area contributed by atoms with Crippen molar-refractivity contribution in [2.75, 3.05) is 6.26 Å². The summed E-state index contributed by atoms with van der Waals surface area (Å²) in [5, 5.41) is 9.26. The Morgan fingerprint density at radius 1 is 1.25 bits per heavy atom. The lowest BCUT2D eigenvalue weighted by Crippen LogP contribution is -2.05. The van der Waals surface area contributed by atoms with Crippen LogP contribution in [0.1, 0.15) is 12.5 Å². The van der Waals surface area contributed by atoms with Crippen LogP contribution in [0.3, 0.4) is 0 Å². The van der Waals surface area contributed by atoms with Crippen LogP contribution in [-0.4, -0.2) is 17.1 Å². The van der Waals surface area contributed by atoms with Crippen molar-refractivity contribution in [1.29, 1.82) is 0 Å². The van der Waals surface area contributed by atoms with Crippen LogP contribution in [0, 0.1) is 0 Å². The molecule has 0 saturated carbocycles. The van der Waals surface area contributed by atoms with E-state index in [2.05, 4.69) is 10.2 Å². The van der Waals surface area contributed by atoms with Crippen molar-refractivity contribution < 1.29 is 0 Å². The van der Waals surface area contributed by atoms with Gasteiger partial charge in [0.25, 0.3) is 0 Å². The third kappa shape index (κ3) is 3.70. The molecule has 0 radical (unpaired) electrons. The second-order valence-corrected chi connectivity index (χ2v) is 4.60. The molecule has 0 atom stereocenters. The summed E-state index contributed by atoms with van der Waals surface area (Å²) in [5.41, 5.74) is 7.11. The lowest BCUT2D eigenvalue weighted by molar-refractivity contribution is 1.23. The van der Waals surface area contributed by atoms with Crippen LogP contribution in [-0.2, 0) is 0 Å². The molecule has 0 aromatic heterocycles. The summed E-state index contributed by atoms with van der Waals surface area (Å²) in [5.74, 6) is 0. The van der Waals surface area contributed by atoms with E-state index in [0.717, 1.165) is 11.3 Å². The van der Waals surface area contributed by atoms with Crippen LogP contribution in [0.25, 0.3) is 0 Å². The summed E-state index contributed by atoms with van der Waals surface area (Å²) in [4.78, 5) is 0. The number of nitrogens with two attached hydrogens (primary N) is 1. The van der Waals surface area contributed by atoms with Crippen molar-refractivity contribution in [2.24, 2.45) is 15.9 Å². The quantitative estimate of drug-likeness (QED) is 0.511. The molecule has 0 aliphatic carbocycles. The van der Waals surface area contributed by atoms with Crippen molar-refractivity contribution in [1.82, 2.24) is 0 Å². The fraction of sp³-hybridized carbons (Fsp3) is 0.200. The molecule has 3 nitrogen and oxygen atoms in total. The minimum absolute atomic E-state index is 0.416. The molecule has 2 N–H and O–H groups in total. The van der Waals surface area contributed by atoms with Crippen molar-refractivity contribution in [3.8, 4) is 0 Å². The molecule has 0 aliphatic heterocycles. The summed E-state index contributed by atoms with van der Waals surface area (Å²) in [6, 6.07) is 5.30. The number of hydrogen-bond acceptors (Lipinski definition) is 3. The van der Waals surface area contributed by atoms with Gasteiger partial charge in [0.1, 0.15) is 0 Å². The summed E-state index contributed by atoms with van der Waals surface area (Å²) < 4.78 is 0. The Hall–Kier alpha value is -0.710. The van der Waals surface area contributed by atoms with E-state index in [1.54, 1.807) is 12.1 Å². The zero-order chi connectivity index (χ0) is 12.1. The zero-order valence-corrected chi connectivity index (χ0v) is 11.2. The molecule has 1 aromatic rings. The van der Waals surface area contributed by atoms with Gasteiger partial charge in [-0.25, -0.2) is 0 Å². The summed E-state index contributed by atoms with van der Waals surface area (Å²) in [6.07, 6.45) is 1.84. The van der Waals surface area contributed by atoms with Gasteiger partial charge in [0.05, 0.1) is 15.8 Å². The second-order valence-electron chi connectivity index (χ2n) is 2.96. The van der Waals surface area contributed by atoms with Crippen LogP contribution in [0.2, 0.25) is 10.0 Å². The molecule has 0 saturated heterocycles. The van der Waals surface area contributed by atoms with Crippen LogP contribution >= 0.6 is 35.0 Å². The van der Waals surface area contributed by atoms with Gasteiger partial charge in [0.2, 0.25) is 0 Å². The molecule has 16 heavy (non-hydrogen) atoms. The third-order valence-electron chi connectivity index (χ3n) is 1.85. The number of benzene rings is 1. The fourth-order valence-electron chi connectivity index (χ4n) is 0.944. The molecule has 0 aliphatic rings. The van der Waals surface area contributed by atoms with E-state index >= 15 is 0 Å². The predicted molar refractivity (Wildman–Crippen MR) is 73.8 cm³/mol. The van der Waals surface area contributed by atoms with Crippen molar-refractivity contribution in [3.05, 3.63) is 33.8 Å². The maximum atomic E-state index is 5.90. The number of hydrogen-bond donors (Lipinski definition) is 1. The smallest absolute Gasteiger partial charge is 0.180 e. The Bertz CT molecular complexity index is 444. The highest BCUT2D eigenvalue weighted by Gasteiger charge is 2.02. The number of amidine groups is 1. The van der Waals surface area contributed by atoms with E-state index in [4.69, 9.17) is 28.9 Å². The van der Waals surface area contributed by atoms with E-state index < -0.39 is 0 Å². The van der Waals surface area contributed by atoms with Crippen LogP contribution in [0.4, 0.5) is 0 Å². The first-order valence-corrected chi connectivity index (χ1v) is 6.39. The fourth-order valence-corrected chi connectivity index (χ4v) is 1.36. The normalized spacial score (nSPS) is 13.0. The molecular weight excluding hydrogens is 265 g/mol. The van der Waals surface area contributed by atoms with Crippen molar-refractivity contribution in [2.45, 2.75) is 6.92 Å². The Balaban J connectivity index is 2.96. The van der Waals surface area contributed by atoms with E-state index in [1.807, 2.05) is 19.2 Å². The molecule has 1 rings (SSSR count). The number of thioether (sulfide) groups is 1. The Kier molecular flexibility index (Phi) is 5.12. The van der Waals surface area contributed by atoms with Crippen molar-refractivity contribution >= 4 is 45.8 Å². The average Bonchev–Trinajstić information content (AvgIpc) is 2.29. The maximum absolute atomic E-state index is 5.90. The van der Waals surface area contributed by atoms with Gasteiger partial charge in [-0.1, -0.05) is 41.0 Å². The minimum atomic E-state index is 0.416. The largest absolute Gasteiger partial charge is 0.377 e. The predicted octanol–water partition coefficient (Wildman–Crippen LogP) is 3.40. The van der Waals surface area contributed by atoms with E-state index in [-0.39, 0.29) is 0 Å². The molecule has 1 aromatic carbocycles. The van der Waals surface area contributed by atoms with Gasteiger partial charge >= 0.3 is 0 Å². The molecule has 0 fully saturated rings. The molecule has 86 valence electrons. The van der Waals surface area contributed by atoms with Crippen LogP contribution in [0.5, 0.6) is 0 Å². The first-order valence-electron chi connectivity index (χ1n) is 4.41. The standard InChI is InChI=1S/C10H11Cl2N3S/c1-6(14-15-10(13)16-2)7-3-4-8(11)9(12)5-7/h3-5H,1-2H3,(H2,13,15). The third-order valence-corrected chi connectivity index (χ3v) is 3.08. The van der Waals surface area contributed by atoms with Gasteiger partial charge in [-0.15, -0.1) is 5.10 Å². The second kappa shape index (κ2) is 6.13. The lowest BCUT2D eigenvalue weighted by Gasteiger charge is -2.01. The summed E-state index contributed by atoms with van der Waals surface area (Å²) in [6.45, 7) is 1.83. The number of halogens is 2. The van der Waals surface area contributed by atoms with E-state index in [9.17, 15) is 0 Å². The first kappa shape index (κ1) is 13.4. The first-order chi connectivity index (χ1) is 7.54. The van der Waals surface area contributed by atoms with E-state index in [0.29, 0.717) is 15.2 Å². The SMILES string of the molecule is CS/C(N)=N/N=C(C)c1ccc(Cl)c(Cl)c1. The monoisotopic (exact) mass is 275 g/mol. The van der Waals surface area contributed by atoms with Crippen LogP contribution in [0.15, 0.2) is 28.4 Å². The van der Waals surface area contributed by atoms with Gasteiger partial charge in [-0.3, -0.25) is 0 Å². The molecule has 0 heterocycles. The molecule has 6 heteroatoms. The highest BCUT2D eigenvalue weighted by molar-refractivity contribution is 8.13. The van der Waals surface area contributed by atoms with Crippen molar-refractivity contribution in [3.63, 3.8) is 0 Å². The Labute approximate surface area is 109 Å². The number of rotatable bonds is 2. The molecule has 0 spiro atoms. The van der Waals surface area contributed by atoms with Gasteiger partial charge in [0.15, 0.2) is 5.17 Å². The Morgan fingerprint density at radius 2 is 1.94 bits per heavy atom. The van der Waals surface area contributed by atoms with Gasteiger partial charge in [0, 0.05) is 0 Å². The molecule has 0 amide bonds. The minimum Gasteiger partial charge on any atom is -0.377 e. The molecular formula is C10H11Cl2N3S. The van der Waals surface area contributed by atoms with Gasteiger partial charge < -0.3 is 5.73 Å². The summed E-state index contributed by atoms with van der Waals surface area (Å²) in [7, 11) is 0. The van der Waals surface area contributed by atoms with Gasteiger partial charge in [-0.2, -0.15) is 5.10 Å². The summed E-state index contributed by atoms with van der Waals surface area (Å²) >= 11 is 13.0. The van der Waals surface area contributed by atoms with Gasteiger partial charge in [-0.05, 0) is 30.9 Å². The number of nitrogens with zero attached hydrogens (tertiary/aromatic N) is 2. The average molecular weight is 276 g/mol. The molecule has 0 bridgehead atoms. The van der Waals surface area contributed by atoms with E-state index in [1.165, 1.54) is 11.8 Å². The van der Waals surface area contributed by atoms with Crippen LogP contribution < -0.4 is 5.73 Å². The Morgan fingerprint density at radius 3 is 2.50 bits per heavy atom. The highest BCUT2D eigenvalue weighted by Crippen LogP contribution is 2.22. The molecule has 0 unspecified atom stereocenters. The maximum Gasteiger partial charge on any atom is 0.180 e. The zero-order valence-electron chi connectivity index (χ0n) is 8.87. The highest BCUT2D eigenvalue weighted by atomic mass is 35.5.